The molecule has 1 unspecified atom stereocenters. The summed E-state index contributed by atoms with van der Waals surface area (Å²) in [4.78, 5) is 11.6. The number of amides is 1. The SMILES string of the molecule is O=C1CN(c2c(O)cc3ccc(C4=CCN(S(=O)(=O)CC5CCCCO5)C4)cc3c2F)S(=O)(=O)N1. The third-order valence-electron chi connectivity index (χ3n) is 6.42. The number of halogens is 1. The lowest BCUT2D eigenvalue weighted by Crippen LogP contribution is -2.37. The van der Waals surface area contributed by atoms with E-state index in [1.54, 1.807) is 22.9 Å². The quantitative estimate of drug-likeness (QED) is 0.604. The second-order valence-electron chi connectivity index (χ2n) is 8.82. The highest BCUT2D eigenvalue weighted by Crippen LogP contribution is 2.39. The van der Waals surface area contributed by atoms with Crippen molar-refractivity contribution < 1.29 is 35.9 Å². The molecule has 0 aromatic heterocycles. The average molecular weight is 526 g/mol. The minimum Gasteiger partial charge on any atom is -0.506 e. The maximum absolute atomic E-state index is 15.5. The molecule has 3 aliphatic heterocycles. The summed E-state index contributed by atoms with van der Waals surface area (Å²) in [5, 5.41) is 10.7. The minimum absolute atomic E-state index is 0.0302. The monoisotopic (exact) mass is 525 g/mol. The van der Waals surface area contributed by atoms with Crippen molar-refractivity contribution in [3.8, 4) is 5.75 Å². The van der Waals surface area contributed by atoms with Crippen LogP contribution in [0.3, 0.4) is 0 Å². The fraction of sp³-hybridized carbons (Fsp3) is 0.409. The molecule has 2 aromatic carbocycles. The molecule has 1 amide bonds. The second-order valence-corrected chi connectivity index (χ2v) is 12.4. The van der Waals surface area contributed by atoms with E-state index in [2.05, 4.69) is 0 Å². The van der Waals surface area contributed by atoms with Crippen LogP contribution >= 0.6 is 0 Å². The molecule has 0 radical (unpaired) electrons. The molecule has 2 aromatic rings. The number of nitrogens with zero attached hydrogens (tertiary/aromatic N) is 2. The minimum atomic E-state index is -4.33. The van der Waals surface area contributed by atoms with E-state index < -0.39 is 49.9 Å². The van der Waals surface area contributed by atoms with Gasteiger partial charge in [-0.05, 0) is 47.9 Å². The smallest absolute Gasteiger partial charge is 0.326 e. The van der Waals surface area contributed by atoms with Gasteiger partial charge in [-0.15, -0.1) is 0 Å². The highest BCUT2D eigenvalue weighted by Gasteiger charge is 2.38. The molecule has 188 valence electrons. The Morgan fingerprint density at radius 1 is 1.20 bits per heavy atom. The fourth-order valence-electron chi connectivity index (χ4n) is 4.64. The van der Waals surface area contributed by atoms with E-state index in [4.69, 9.17) is 4.74 Å². The number of aromatic hydroxyl groups is 1. The van der Waals surface area contributed by atoms with Crippen LogP contribution in [0.25, 0.3) is 16.3 Å². The van der Waals surface area contributed by atoms with Crippen molar-refractivity contribution in [2.75, 3.05) is 36.3 Å². The highest BCUT2D eigenvalue weighted by molar-refractivity contribution is 7.92. The van der Waals surface area contributed by atoms with Gasteiger partial charge in [0.05, 0.1) is 11.9 Å². The molecule has 2 N–H and O–H groups in total. The van der Waals surface area contributed by atoms with Crippen molar-refractivity contribution in [3.63, 3.8) is 0 Å². The van der Waals surface area contributed by atoms with Gasteiger partial charge in [0.1, 0.15) is 18.0 Å². The van der Waals surface area contributed by atoms with E-state index in [1.807, 2.05) is 0 Å². The van der Waals surface area contributed by atoms with Gasteiger partial charge in [-0.3, -0.25) is 4.79 Å². The van der Waals surface area contributed by atoms with Gasteiger partial charge in [-0.2, -0.15) is 12.7 Å². The summed E-state index contributed by atoms with van der Waals surface area (Å²) in [5.74, 6) is -2.54. The largest absolute Gasteiger partial charge is 0.506 e. The predicted molar refractivity (Wildman–Crippen MR) is 127 cm³/mol. The third kappa shape index (κ3) is 4.48. The molecule has 10 nitrogen and oxygen atoms in total. The van der Waals surface area contributed by atoms with Crippen molar-refractivity contribution >= 4 is 48.2 Å². The fourth-order valence-corrected chi connectivity index (χ4v) is 7.39. The first kappa shape index (κ1) is 24.0. The number of hydrogen-bond donors (Lipinski definition) is 2. The molecule has 3 aliphatic rings. The molecule has 0 spiro atoms. The number of ether oxygens (including phenoxy) is 1. The van der Waals surface area contributed by atoms with E-state index >= 15 is 4.39 Å². The van der Waals surface area contributed by atoms with E-state index in [0.717, 1.165) is 12.8 Å². The Hall–Kier alpha value is -2.74. The lowest BCUT2D eigenvalue weighted by molar-refractivity contribution is -0.117. The van der Waals surface area contributed by atoms with Crippen LogP contribution in [0, 0.1) is 5.82 Å². The van der Waals surface area contributed by atoms with Crippen LogP contribution in [0.5, 0.6) is 5.75 Å². The normalized spacial score (nSPS) is 23.0. The topological polar surface area (TPSA) is 133 Å². The van der Waals surface area contributed by atoms with E-state index in [9.17, 15) is 26.7 Å². The number of sulfonamides is 1. The zero-order chi connectivity index (χ0) is 25.0. The first-order valence-corrected chi connectivity index (χ1v) is 14.2. The van der Waals surface area contributed by atoms with Gasteiger partial charge in [0.25, 0.3) is 5.91 Å². The van der Waals surface area contributed by atoms with Gasteiger partial charge in [0.2, 0.25) is 10.0 Å². The summed E-state index contributed by atoms with van der Waals surface area (Å²) in [6, 6.07) is 5.95. The zero-order valence-electron chi connectivity index (χ0n) is 18.6. The van der Waals surface area contributed by atoms with Crippen molar-refractivity contribution in [2.45, 2.75) is 25.4 Å². The molecular weight excluding hydrogens is 501 g/mol. The van der Waals surface area contributed by atoms with Gasteiger partial charge in [0.15, 0.2) is 5.82 Å². The highest BCUT2D eigenvalue weighted by atomic mass is 32.2. The van der Waals surface area contributed by atoms with Crippen molar-refractivity contribution in [1.82, 2.24) is 9.03 Å². The molecule has 3 heterocycles. The van der Waals surface area contributed by atoms with Crippen molar-refractivity contribution in [3.05, 3.63) is 41.7 Å². The summed E-state index contributed by atoms with van der Waals surface area (Å²) < 4.78 is 74.8. The summed E-state index contributed by atoms with van der Waals surface area (Å²) in [6.45, 7) is 0.213. The van der Waals surface area contributed by atoms with E-state index in [0.29, 0.717) is 33.9 Å². The van der Waals surface area contributed by atoms with Gasteiger partial charge < -0.3 is 9.84 Å². The molecule has 0 saturated carbocycles. The summed E-state index contributed by atoms with van der Waals surface area (Å²) in [6.07, 6.45) is 4.02. The van der Waals surface area contributed by atoms with Crippen LogP contribution in [-0.2, 0) is 29.8 Å². The summed E-state index contributed by atoms with van der Waals surface area (Å²) in [5.41, 5.74) is 0.628. The third-order valence-corrected chi connectivity index (χ3v) is 9.66. The standard InChI is InChI=1S/C22H24FN3O7S2/c23-21-18-9-14(16-6-7-25(11-16)34(29,30)13-17-3-1-2-8-33-17)4-5-15(18)10-19(27)22(21)26-12-20(28)24-35(26,31)32/h4-6,9-10,17,27H,1-3,7-8,11-13H2,(H,24,28). The van der Waals surface area contributed by atoms with Gasteiger partial charge in [-0.25, -0.2) is 21.8 Å². The zero-order valence-corrected chi connectivity index (χ0v) is 20.2. The number of benzene rings is 2. The van der Waals surface area contributed by atoms with E-state index in [1.165, 1.54) is 16.4 Å². The number of phenolic OH excluding ortho intramolecular Hbond substituents is 1. The van der Waals surface area contributed by atoms with Crippen LogP contribution in [0.4, 0.5) is 10.1 Å². The number of fused-ring (bicyclic) bond motifs is 1. The molecule has 0 bridgehead atoms. The lowest BCUT2D eigenvalue weighted by atomic mass is 10.0. The number of nitrogens with one attached hydrogen (secondary N) is 1. The Bertz CT molecular complexity index is 1450. The molecule has 35 heavy (non-hydrogen) atoms. The molecular formula is C22H24FN3O7S2. The van der Waals surface area contributed by atoms with Gasteiger partial charge in [0, 0.05) is 25.1 Å². The predicted octanol–water partition coefficient (Wildman–Crippen LogP) is 1.46. The maximum Gasteiger partial charge on any atom is 0.326 e. The first-order chi connectivity index (χ1) is 16.5. The molecule has 2 saturated heterocycles. The second kappa shape index (κ2) is 8.73. The average Bonchev–Trinajstić information content (AvgIpc) is 3.39. The van der Waals surface area contributed by atoms with Crippen LogP contribution in [0.1, 0.15) is 24.8 Å². The molecule has 5 rings (SSSR count). The molecule has 13 heteroatoms. The number of rotatable bonds is 5. The number of carbonyl (C=O) groups is 1. The first-order valence-electron chi connectivity index (χ1n) is 11.1. The lowest BCUT2D eigenvalue weighted by Gasteiger charge is -2.25. The van der Waals surface area contributed by atoms with E-state index in [-0.39, 0.29) is 30.3 Å². The number of hydrogen-bond acceptors (Lipinski definition) is 7. The summed E-state index contributed by atoms with van der Waals surface area (Å²) >= 11 is 0. The van der Waals surface area contributed by atoms with Crippen LogP contribution in [-0.4, -0.2) is 70.3 Å². The van der Waals surface area contributed by atoms with Gasteiger partial charge in [-0.1, -0.05) is 18.2 Å². The summed E-state index contributed by atoms with van der Waals surface area (Å²) in [7, 11) is -7.88. The van der Waals surface area contributed by atoms with Crippen molar-refractivity contribution in [2.24, 2.45) is 0 Å². The van der Waals surface area contributed by atoms with Crippen LogP contribution in [0.15, 0.2) is 30.3 Å². The molecule has 1 atom stereocenters. The Morgan fingerprint density at radius 3 is 2.69 bits per heavy atom. The maximum atomic E-state index is 15.5. The Labute approximate surface area is 202 Å². The van der Waals surface area contributed by atoms with Gasteiger partial charge >= 0.3 is 10.2 Å². The van der Waals surface area contributed by atoms with Crippen LogP contribution < -0.4 is 9.03 Å². The van der Waals surface area contributed by atoms with Crippen LogP contribution in [0.2, 0.25) is 0 Å². The molecule has 0 aliphatic carbocycles. The number of carbonyl (C=O) groups excluding carboxylic acids is 1. The Balaban J connectivity index is 1.42. The number of phenols is 1. The number of anilines is 1. The Morgan fingerprint density at radius 2 is 2.00 bits per heavy atom. The molecule has 2 fully saturated rings. The Kier molecular flexibility index (Phi) is 5.98. The van der Waals surface area contributed by atoms with Crippen molar-refractivity contribution in [1.29, 1.82) is 0 Å².